The van der Waals surface area contributed by atoms with Crippen molar-refractivity contribution in [2.45, 2.75) is 38.1 Å². The Labute approximate surface area is 118 Å². The molecule has 1 aromatic carbocycles. The van der Waals surface area contributed by atoms with Crippen LogP contribution >= 0.6 is 0 Å². The van der Waals surface area contributed by atoms with Crippen molar-refractivity contribution in [3.63, 3.8) is 0 Å². The first-order valence-corrected chi connectivity index (χ1v) is 7.75. The highest BCUT2D eigenvalue weighted by Gasteiger charge is 2.28. The molecular weight excluding hydrogens is 283 g/mol. The fourth-order valence-electron chi connectivity index (χ4n) is 1.84. The molecule has 0 aliphatic rings. The summed E-state index contributed by atoms with van der Waals surface area (Å²) in [5.41, 5.74) is 5.50. The van der Waals surface area contributed by atoms with Crippen molar-refractivity contribution in [1.82, 2.24) is 4.72 Å². The van der Waals surface area contributed by atoms with Crippen LogP contribution < -0.4 is 10.5 Å². The first-order valence-electron chi connectivity index (χ1n) is 6.26. The Morgan fingerprint density at radius 2 is 2.05 bits per heavy atom. The Hall–Kier alpha value is -1.47. The molecule has 0 radical (unpaired) electrons. The monoisotopic (exact) mass is 302 g/mol. The number of nitrogens with two attached hydrogens (primary N) is 1. The molecular formula is C13H19FN2O3S. The Kier molecular flexibility index (Phi) is 5.24. The molecule has 112 valence electrons. The molecule has 1 rings (SSSR count). The van der Waals surface area contributed by atoms with E-state index in [1.54, 1.807) is 6.92 Å². The Morgan fingerprint density at radius 1 is 1.45 bits per heavy atom. The number of hydrogen-bond acceptors (Lipinski definition) is 3. The fraction of sp³-hybridized carbons (Fsp3) is 0.462. The van der Waals surface area contributed by atoms with Crippen molar-refractivity contribution in [2.75, 3.05) is 0 Å². The van der Waals surface area contributed by atoms with E-state index < -0.39 is 27.8 Å². The van der Waals surface area contributed by atoms with Gasteiger partial charge >= 0.3 is 0 Å². The second-order valence-electron chi connectivity index (χ2n) is 4.80. The van der Waals surface area contributed by atoms with Gasteiger partial charge in [-0.2, -0.15) is 4.72 Å². The number of carbonyl (C=O) groups is 1. The predicted molar refractivity (Wildman–Crippen MR) is 73.9 cm³/mol. The molecule has 1 amide bonds. The SMILES string of the molecule is CCC(C)C(NS(=O)(=O)c1ccc(F)cc1C)C(N)=O. The smallest absolute Gasteiger partial charge is 0.241 e. The zero-order valence-corrected chi connectivity index (χ0v) is 12.5. The molecule has 0 saturated carbocycles. The van der Waals surface area contributed by atoms with Crippen molar-refractivity contribution < 1.29 is 17.6 Å². The second kappa shape index (κ2) is 6.32. The van der Waals surface area contributed by atoms with Crippen LogP contribution in [-0.4, -0.2) is 20.4 Å². The zero-order chi connectivity index (χ0) is 15.5. The molecule has 3 N–H and O–H groups in total. The van der Waals surface area contributed by atoms with Gasteiger partial charge in [0.1, 0.15) is 11.9 Å². The Bertz CT molecular complexity index is 602. The van der Waals surface area contributed by atoms with Crippen LogP contribution in [0.5, 0.6) is 0 Å². The molecule has 7 heteroatoms. The van der Waals surface area contributed by atoms with Crippen LogP contribution in [-0.2, 0) is 14.8 Å². The average Bonchev–Trinajstić information content (AvgIpc) is 2.34. The van der Waals surface area contributed by atoms with Gasteiger partial charge in [-0.1, -0.05) is 20.3 Å². The van der Waals surface area contributed by atoms with Gasteiger partial charge in [0.2, 0.25) is 15.9 Å². The molecule has 0 heterocycles. The number of aryl methyl sites for hydroxylation is 1. The molecule has 0 aliphatic carbocycles. The van der Waals surface area contributed by atoms with Gasteiger partial charge in [0.05, 0.1) is 4.90 Å². The fourth-order valence-corrected chi connectivity index (χ4v) is 3.38. The molecule has 0 aliphatic heterocycles. The lowest BCUT2D eigenvalue weighted by Crippen LogP contribution is -2.48. The van der Waals surface area contributed by atoms with E-state index in [9.17, 15) is 17.6 Å². The largest absolute Gasteiger partial charge is 0.368 e. The second-order valence-corrected chi connectivity index (χ2v) is 6.48. The Balaban J connectivity index is 3.13. The first-order chi connectivity index (χ1) is 9.19. The number of halogens is 1. The number of hydrogen-bond donors (Lipinski definition) is 2. The van der Waals surface area contributed by atoms with Gasteiger partial charge in [-0.25, -0.2) is 12.8 Å². The summed E-state index contributed by atoms with van der Waals surface area (Å²) in [6.07, 6.45) is 0.596. The van der Waals surface area contributed by atoms with E-state index in [1.807, 2.05) is 6.92 Å². The van der Waals surface area contributed by atoms with E-state index >= 15 is 0 Å². The minimum atomic E-state index is -3.92. The quantitative estimate of drug-likeness (QED) is 0.830. The lowest BCUT2D eigenvalue weighted by atomic mass is 10.00. The molecule has 0 spiro atoms. The van der Waals surface area contributed by atoms with Crippen molar-refractivity contribution in [3.8, 4) is 0 Å². The predicted octanol–water partition coefficient (Wildman–Crippen LogP) is 1.31. The maximum absolute atomic E-state index is 13.0. The van der Waals surface area contributed by atoms with Crippen molar-refractivity contribution in [1.29, 1.82) is 0 Å². The zero-order valence-electron chi connectivity index (χ0n) is 11.7. The van der Waals surface area contributed by atoms with E-state index in [1.165, 1.54) is 13.0 Å². The van der Waals surface area contributed by atoms with Crippen LogP contribution in [0.3, 0.4) is 0 Å². The van der Waals surface area contributed by atoms with Gasteiger partial charge in [0.25, 0.3) is 0 Å². The van der Waals surface area contributed by atoms with Crippen molar-refractivity contribution >= 4 is 15.9 Å². The number of carbonyl (C=O) groups excluding carboxylic acids is 1. The Morgan fingerprint density at radius 3 is 2.50 bits per heavy atom. The highest BCUT2D eigenvalue weighted by molar-refractivity contribution is 7.89. The normalized spacial score (nSPS) is 14.8. The third-order valence-corrected chi connectivity index (χ3v) is 4.83. The number of amides is 1. The average molecular weight is 302 g/mol. The number of nitrogens with one attached hydrogen (secondary N) is 1. The van der Waals surface area contributed by atoms with Crippen molar-refractivity contribution in [2.24, 2.45) is 11.7 Å². The van der Waals surface area contributed by atoms with Crippen LogP contribution in [0.25, 0.3) is 0 Å². The molecule has 0 fully saturated rings. The summed E-state index contributed by atoms with van der Waals surface area (Å²) in [7, 11) is -3.92. The van der Waals surface area contributed by atoms with E-state index in [-0.39, 0.29) is 16.4 Å². The first kappa shape index (κ1) is 16.6. The molecule has 2 atom stereocenters. The summed E-state index contributed by atoms with van der Waals surface area (Å²) in [6, 6.07) is 2.36. The van der Waals surface area contributed by atoms with E-state index in [0.29, 0.717) is 6.42 Å². The van der Waals surface area contributed by atoms with Gasteiger partial charge in [-0.05, 0) is 36.6 Å². The minimum Gasteiger partial charge on any atom is -0.368 e. The molecule has 2 unspecified atom stereocenters. The van der Waals surface area contributed by atoms with Crippen LogP contribution in [0, 0.1) is 18.7 Å². The van der Waals surface area contributed by atoms with E-state index in [4.69, 9.17) is 5.73 Å². The van der Waals surface area contributed by atoms with Crippen LogP contribution in [0.4, 0.5) is 4.39 Å². The molecule has 0 bridgehead atoms. The highest BCUT2D eigenvalue weighted by atomic mass is 32.2. The number of benzene rings is 1. The lowest BCUT2D eigenvalue weighted by Gasteiger charge is -2.21. The molecule has 5 nitrogen and oxygen atoms in total. The summed E-state index contributed by atoms with van der Waals surface area (Å²) < 4.78 is 39.8. The van der Waals surface area contributed by atoms with Gasteiger partial charge < -0.3 is 5.73 Å². The van der Waals surface area contributed by atoms with Gasteiger partial charge in [0, 0.05) is 0 Å². The summed E-state index contributed by atoms with van der Waals surface area (Å²) >= 11 is 0. The summed E-state index contributed by atoms with van der Waals surface area (Å²) in [4.78, 5) is 11.3. The highest BCUT2D eigenvalue weighted by Crippen LogP contribution is 2.18. The van der Waals surface area contributed by atoms with Crippen molar-refractivity contribution in [3.05, 3.63) is 29.6 Å². The van der Waals surface area contributed by atoms with Gasteiger partial charge in [-0.3, -0.25) is 4.79 Å². The maximum atomic E-state index is 13.0. The molecule has 0 aromatic heterocycles. The van der Waals surface area contributed by atoms with Gasteiger partial charge in [-0.15, -0.1) is 0 Å². The summed E-state index contributed by atoms with van der Waals surface area (Å²) in [6.45, 7) is 5.05. The minimum absolute atomic E-state index is 0.0616. The third kappa shape index (κ3) is 3.77. The number of rotatable bonds is 6. The molecule has 0 saturated heterocycles. The van der Waals surface area contributed by atoms with Crippen LogP contribution in [0.1, 0.15) is 25.8 Å². The topological polar surface area (TPSA) is 89.3 Å². The molecule has 20 heavy (non-hydrogen) atoms. The van der Waals surface area contributed by atoms with Crippen LogP contribution in [0.15, 0.2) is 23.1 Å². The molecule has 1 aromatic rings. The van der Waals surface area contributed by atoms with E-state index in [2.05, 4.69) is 4.72 Å². The number of sulfonamides is 1. The number of primary amides is 1. The summed E-state index contributed by atoms with van der Waals surface area (Å²) in [5.74, 6) is -1.49. The maximum Gasteiger partial charge on any atom is 0.241 e. The van der Waals surface area contributed by atoms with Crippen LogP contribution in [0.2, 0.25) is 0 Å². The van der Waals surface area contributed by atoms with E-state index in [0.717, 1.165) is 12.1 Å². The standard InChI is InChI=1S/C13H19FN2O3S/c1-4-8(2)12(13(15)17)16-20(18,19)11-6-5-10(14)7-9(11)3/h5-8,12,16H,4H2,1-3H3,(H2,15,17). The van der Waals surface area contributed by atoms with Gasteiger partial charge in [0.15, 0.2) is 0 Å². The summed E-state index contributed by atoms with van der Waals surface area (Å²) in [5, 5.41) is 0. The lowest BCUT2D eigenvalue weighted by molar-refractivity contribution is -0.120. The third-order valence-electron chi connectivity index (χ3n) is 3.23.